The highest BCUT2D eigenvalue weighted by molar-refractivity contribution is 5.98. The summed E-state index contributed by atoms with van der Waals surface area (Å²) < 4.78 is 56.5. The molecule has 53 heavy (non-hydrogen) atoms. The lowest BCUT2D eigenvalue weighted by molar-refractivity contribution is -0.139. The van der Waals surface area contributed by atoms with Gasteiger partial charge < -0.3 is 26.3 Å². The van der Waals surface area contributed by atoms with Gasteiger partial charge in [-0.15, -0.1) is 0 Å². The van der Waals surface area contributed by atoms with Gasteiger partial charge in [-0.1, -0.05) is 70.9 Å². The van der Waals surface area contributed by atoms with Gasteiger partial charge in [0.15, 0.2) is 0 Å². The third-order valence-electron chi connectivity index (χ3n) is 11.0. The van der Waals surface area contributed by atoms with Crippen LogP contribution >= 0.6 is 0 Å². The van der Waals surface area contributed by atoms with Crippen LogP contribution in [-0.2, 0) is 44.6 Å². The zero-order valence-electron chi connectivity index (χ0n) is 30.7. The monoisotopic (exact) mass is 742 g/mol. The Morgan fingerprint density at radius 3 is 2.21 bits per heavy atom. The van der Waals surface area contributed by atoms with Crippen molar-refractivity contribution in [3.8, 4) is 0 Å². The first-order valence-corrected chi connectivity index (χ1v) is 18.5. The molecule has 1 aromatic heterocycles. The number of carbonyl (C=O) groups excluding carboxylic acids is 4. The molecule has 2 aliphatic rings. The van der Waals surface area contributed by atoms with Crippen molar-refractivity contribution < 1.29 is 36.7 Å². The summed E-state index contributed by atoms with van der Waals surface area (Å²) in [5, 5.41) is 11.8. The second kappa shape index (κ2) is 16.7. The number of nitrogens with zero attached hydrogens (tertiary/aromatic N) is 1. The van der Waals surface area contributed by atoms with Crippen LogP contribution in [0.15, 0.2) is 42.5 Å². The predicted octanol–water partition coefficient (Wildman–Crippen LogP) is 5.14. The van der Waals surface area contributed by atoms with Gasteiger partial charge in [0, 0.05) is 17.5 Å². The summed E-state index contributed by atoms with van der Waals surface area (Å²) >= 11 is 0. The van der Waals surface area contributed by atoms with E-state index in [2.05, 4.69) is 31.2 Å². The third-order valence-corrected chi connectivity index (χ3v) is 11.0. The van der Waals surface area contributed by atoms with E-state index in [4.69, 9.17) is 0 Å². The molecular formula is C39H50F4N6O4. The molecule has 4 amide bonds. The Balaban J connectivity index is 1.48. The Bertz CT molecular complexity index is 1810. The number of alkyl halides is 3. The fraction of sp³-hybridized carbons (Fsp3) is 0.538. The molecule has 1 aliphatic heterocycles. The van der Waals surface area contributed by atoms with Crippen LogP contribution in [0.5, 0.6) is 0 Å². The standard InChI is InChI=1S/C39H50F4N6O4/c1-5-23(3)32(35(51)44-22-49-18-9-10-19-49)47-37(53)38(17-16-30-27(21-38)26-13-11-14-28(34(26)45-30)39(41,42)43)48-36(52)33(24(4)6-2)46-31(50)20-25-12-7-8-15-29(25)40/h7-8,11-15,23-24,32-33,45H,5-6,9-10,16-22H2,1-4H3,(H,44,51)(H,46,50)(H,47,53)(H,48,52)/t23-,24-,32-,33-,38+/m0/s1. The molecule has 1 saturated heterocycles. The maximum absolute atomic E-state index is 14.7. The SMILES string of the molecule is CC[C@H](C)[C@H](NC(=O)Cc1ccccc1F)C(=O)N[C@]1(C(=O)N[C@H](C(=O)NCN2CCCC2)[C@@H](C)CC)CCc2[nH]c3c(C(F)(F)F)cccc3c2C1. The van der Waals surface area contributed by atoms with Gasteiger partial charge in [-0.05, 0) is 73.9 Å². The number of halogens is 4. The summed E-state index contributed by atoms with van der Waals surface area (Å²) in [5.41, 5.74) is -1.52. The van der Waals surface area contributed by atoms with E-state index in [0.29, 0.717) is 30.8 Å². The Hall–Kier alpha value is -4.46. The van der Waals surface area contributed by atoms with Crippen LogP contribution in [0.1, 0.15) is 82.2 Å². The molecule has 0 spiro atoms. The number of hydrogen-bond acceptors (Lipinski definition) is 5. The number of carbonyl (C=O) groups is 4. The predicted molar refractivity (Wildman–Crippen MR) is 193 cm³/mol. The highest BCUT2D eigenvalue weighted by Crippen LogP contribution is 2.40. The number of aryl methyl sites for hydroxylation is 1. The summed E-state index contributed by atoms with van der Waals surface area (Å²) in [6, 6.07) is 7.59. The molecule has 5 rings (SSSR count). The number of aromatic nitrogens is 1. The van der Waals surface area contributed by atoms with Gasteiger partial charge in [-0.2, -0.15) is 13.2 Å². The summed E-state index contributed by atoms with van der Waals surface area (Å²) in [4.78, 5) is 60.8. The molecule has 3 aromatic rings. The van der Waals surface area contributed by atoms with E-state index >= 15 is 0 Å². The zero-order chi connectivity index (χ0) is 38.5. The lowest BCUT2D eigenvalue weighted by Gasteiger charge is -2.40. The molecule has 5 atom stereocenters. The second-order valence-corrected chi connectivity index (χ2v) is 14.6. The fourth-order valence-electron chi connectivity index (χ4n) is 7.34. The quantitative estimate of drug-likeness (QED) is 0.146. The zero-order valence-corrected chi connectivity index (χ0v) is 30.7. The molecule has 5 N–H and O–H groups in total. The van der Waals surface area contributed by atoms with Crippen molar-refractivity contribution in [3.63, 3.8) is 0 Å². The lowest BCUT2D eigenvalue weighted by Crippen LogP contribution is -2.67. The van der Waals surface area contributed by atoms with Gasteiger partial charge in [0.2, 0.25) is 23.6 Å². The first-order valence-electron chi connectivity index (χ1n) is 18.5. The number of likely N-dealkylation sites (tertiary alicyclic amines) is 1. The van der Waals surface area contributed by atoms with Crippen LogP contribution in [-0.4, -0.2) is 70.9 Å². The van der Waals surface area contributed by atoms with E-state index in [1.165, 1.54) is 24.3 Å². The normalized spacial score (nSPS) is 19.8. The summed E-state index contributed by atoms with van der Waals surface area (Å²) in [5.74, 6) is -3.56. The number of rotatable bonds is 14. The van der Waals surface area contributed by atoms with E-state index in [1.54, 1.807) is 19.1 Å². The first-order chi connectivity index (χ1) is 25.2. The van der Waals surface area contributed by atoms with Crippen molar-refractivity contribution in [2.75, 3.05) is 19.8 Å². The van der Waals surface area contributed by atoms with Crippen LogP contribution in [0, 0.1) is 17.7 Å². The summed E-state index contributed by atoms with van der Waals surface area (Å²) in [7, 11) is 0. The van der Waals surface area contributed by atoms with E-state index < -0.39 is 58.8 Å². The Morgan fingerprint density at radius 2 is 1.57 bits per heavy atom. The minimum absolute atomic E-state index is 0.00473. The topological polar surface area (TPSA) is 135 Å². The van der Waals surface area contributed by atoms with Crippen molar-refractivity contribution >= 4 is 34.5 Å². The van der Waals surface area contributed by atoms with Crippen LogP contribution in [0.3, 0.4) is 0 Å². The maximum atomic E-state index is 14.7. The van der Waals surface area contributed by atoms with Crippen molar-refractivity contribution in [3.05, 3.63) is 70.7 Å². The fourth-order valence-corrected chi connectivity index (χ4v) is 7.34. The number of aromatic amines is 1. The van der Waals surface area contributed by atoms with Gasteiger partial charge in [0.25, 0.3) is 0 Å². The van der Waals surface area contributed by atoms with Crippen LogP contribution in [0.25, 0.3) is 10.9 Å². The van der Waals surface area contributed by atoms with Crippen molar-refractivity contribution in [1.82, 2.24) is 31.2 Å². The van der Waals surface area contributed by atoms with Gasteiger partial charge in [-0.25, -0.2) is 4.39 Å². The Morgan fingerprint density at radius 1 is 0.906 bits per heavy atom. The third kappa shape index (κ3) is 9.02. The smallest absolute Gasteiger partial charge is 0.358 e. The van der Waals surface area contributed by atoms with Crippen LogP contribution in [0.4, 0.5) is 17.6 Å². The highest BCUT2D eigenvalue weighted by Gasteiger charge is 2.47. The lowest BCUT2D eigenvalue weighted by atomic mass is 9.78. The number of amides is 4. The van der Waals surface area contributed by atoms with E-state index in [1.807, 2.05) is 20.8 Å². The molecule has 0 bridgehead atoms. The number of para-hydroxylation sites is 1. The largest absolute Gasteiger partial charge is 0.418 e. The molecule has 288 valence electrons. The molecule has 2 aromatic carbocycles. The minimum atomic E-state index is -4.63. The van der Waals surface area contributed by atoms with Crippen molar-refractivity contribution in [2.45, 2.75) is 103 Å². The molecule has 10 nitrogen and oxygen atoms in total. The molecule has 14 heteroatoms. The average molecular weight is 743 g/mol. The summed E-state index contributed by atoms with van der Waals surface area (Å²) in [6.45, 7) is 9.37. The van der Waals surface area contributed by atoms with Gasteiger partial charge >= 0.3 is 6.18 Å². The van der Waals surface area contributed by atoms with Gasteiger partial charge in [-0.3, -0.25) is 24.1 Å². The number of hydrogen-bond donors (Lipinski definition) is 5. The van der Waals surface area contributed by atoms with E-state index in [0.717, 1.165) is 32.0 Å². The van der Waals surface area contributed by atoms with Crippen molar-refractivity contribution in [2.24, 2.45) is 11.8 Å². The van der Waals surface area contributed by atoms with E-state index in [9.17, 15) is 36.7 Å². The number of fused-ring (bicyclic) bond motifs is 3. The van der Waals surface area contributed by atoms with Gasteiger partial charge in [0.05, 0.1) is 24.2 Å². The molecule has 0 unspecified atom stereocenters. The number of H-pyrrole nitrogens is 1. The molecule has 0 radical (unpaired) electrons. The highest BCUT2D eigenvalue weighted by atomic mass is 19.4. The Kier molecular flexibility index (Phi) is 12.5. The molecule has 2 heterocycles. The van der Waals surface area contributed by atoms with Crippen LogP contribution < -0.4 is 21.3 Å². The second-order valence-electron chi connectivity index (χ2n) is 14.6. The molecule has 1 fully saturated rings. The first kappa shape index (κ1) is 39.7. The van der Waals surface area contributed by atoms with E-state index in [-0.39, 0.29) is 54.0 Å². The number of nitrogens with one attached hydrogen (secondary N) is 5. The Labute approximate surface area is 307 Å². The number of benzene rings is 2. The molecular weight excluding hydrogens is 692 g/mol. The maximum Gasteiger partial charge on any atom is 0.418 e. The molecule has 0 saturated carbocycles. The molecule has 1 aliphatic carbocycles. The average Bonchev–Trinajstić information content (AvgIpc) is 3.79. The summed E-state index contributed by atoms with van der Waals surface area (Å²) in [6.07, 6.45) is -1.90. The van der Waals surface area contributed by atoms with Crippen LogP contribution in [0.2, 0.25) is 0 Å². The van der Waals surface area contributed by atoms with Gasteiger partial charge in [0.1, 0.15) is 23.4 Å². The van der Waals surface area contributed by atoms with Crippen molar-refractivity contribution in [1.29, 1.82) is 0 Å². The minimum Gasteiger partial charge on any atom is -0.358 e.